The minimum atomic E-state index is -0.0163. The second-order valence-electron chi connectivity index (χ2n) is 4.85. The summed E-state index contributed by atoms with van der Waals surface area (Å²) in [6.07, 6.45) is 3.77. The fraction of sp³-hybridized carbons (Fsp3) is 0.200. The summed E-state index contributed by atoms with van der Waals surface area (Å²) < 4.78 is 3.42. The Balaban J connectivity index is 1.99. The molecule has 5 heteroatoms. The molecule has 0 fully saturated rings. The topological polar surface area (TPSA) is 51.9 Å². The molecule has 0 aliphatic rings. The number of nitrogens with zero attached hydrogens (tertiary/aromatic N) is 3. The van der Waals surface area contributed by atoms with Crippen LogP contribution >= 0.6 is 0 Å². The number of pyridine rings is 1. The maximum atomic E-state index is 12.0. The van der Waals surface area contributed by atoms with Gasteiger partial charge in [-0.15, -0.1) is 0 Å². The smallest absolute Gasteiger partial charge is 0.252 e. The van der Waals surface area contributed by atoms with E-state index in [1.54, 1.807) is 22.4 Å². The monoisotopic (exact) mass is 268 g/mol. The van der Waals surface area contributed by atoms with Crippen LogP contribution in [0.5, 0.6) is 0 Å². The van der Waals surface area contributed by atoms with Gasteiger partial charge < -0.3 is 9.88 Å². The summed E-state index contributed by atoms with van der Waals surface area (Å²) in [5.41, 5.74) is 2.84. The molecule has 2 aromatic heterocycles. The van der Waals surface area contributed by atoms with Gasteiger partial charge in [0.05, 0.1) is 11.7 Å². The Labute approximate surface area is 116 Å². The average molecular weight is 268 g/mol. The molecule has 20 heavy (non-hydrogen) atoms. The quantitative estimate of drug-likeness (QED) is 0.789. The van der Waals surface area contributed by atoms with Gasteiger partial charge in [0.2, 0.25) is 0 Å². The molecule has 102 valence electrons. The number of para-hydroxylation sites is 1. The molecule has 1 N–H and O–H groups in total. The lowest BCUT2D eigenvalue weighted by Gasteiger charge is -2.11. The summed E-state index contributed by atoms with van der Waals surface area (Å²) in [4.78, 5) is 12.0. The third kappa shape index (κ3) is 2.18. The Morgan fingerprint density at radius 2 is 2.05 bits per heavy atom. The van der Waals surface area contributed by atoms with Gasteiger partial charge in [0, 0.05) is 49.5 Å². The van der Waals surface area contributed by atoms with Crippen LogP contribution in [0.1, 0.15) is 5.56 Å². The number of benzene rings is 1. The summed E-state index contributed by atoms with van der Waals surface area (Å²) in [5, 5.41) is 8.49. The highest BCUT2D eigenvalue weighted by molar-refractivity contribution is 5.91. The van der Waals surface area contributed by atoms with Crippen molar-refractivity contribution in [2.24, 2.45) is 14.1 Å². The summed E-state index contributed by atoms with van der Waals surface area (Å²) in [6, 6.07) is 9.51. The molecule has 0 amide bonds. The maximum absolute atomic E-state index is 12.0. The van der Waals surface area contributed by atoms with Gasteiger partial charge in [0.25, 0.3) is 5.56 Å². The van der Waals surface area contributed by atoms with Crippen LogP contribution in [0.25, 0.3) is 10.9 Å². The first kappa shape index (κ1) is 12.5. The van der Waals surface area contributed by atoms with Crippen molar-refractivity contribution in [3.63, 3.8) is 0 Å². The fourth-order valence-electron chi connectivity index (χ4n) is 2.32. The summed E-state index contributed by atoms with van der Waals surface area (Å²) in [7, 11) is 3.67. The van der Waals surface area contributed by atoms with E-state index in [-0.39, 0.29) is 5.56 Å². The normalized spacial score (nSPS) is 10.9. The minimum absolute atomic E-state index is 0.0163. The number of aromatic nitrogens is 3. The molecule has 5 nitrogen and oxygen atoms in total. The van der Waals surface area contributed by atoms with Crippen LogP contribution in [0.15, 0.2) is 47.5 Å². The van der Waals surface area contributed by atoms with Crippen LogP contribution in [0, 0.1) is 0 Å². The molecule has 0 bridgehead atoms. The average Bonchev–Trinajstić information content (AvgIpc) is 2.87. The molecule has 0 spiro atoms. The van der Waals surface area contributed by atoms with Crippen molar-refractivity contribution in [3.05, 3.63) is 58.6 Å². The fourth-order valence-corrected chi connectivity index (χ4v) is 2.32. The summed E-state index contributed by atoms with van der Waals surface area (Å²) >= 11 is 0. The molecule has 0 aliphatic carbocycles. The number of aryl methyl sites for hydroxylation is 2. The highest BCUT2D eigenvalue weighted by Crippen LogP contribution is 2.21. The third-order valence-corrected chi connectivity index (χ3v) is 3.40. The first-order chi connectivity index (χ1) is 9.65. The van der Waals surface area contributed by atoms with Gasteiger partial charge in [0.15, 0.2) is 0 Å². The molecule has 0 saturated carbocycles. The Morgan fingerprint density at radius 3 is 2.80 bits per heavy atom. The van der Waals surface area contributed by atoms with E-state index in [0.717, 1.165) is 22.2 Å². The van der Waals surface area contributed by atoms with E-state index in [9.17, 15) is 4.79 Å². The van der Waals surface area contributed by atoms with Crippen molar-refractivity contribution in [2.45, 2.75) is 6.54 Å². The van der Waals surface area contributed by atoms with Crippen molar-refractivity contribution in [1.29, 1.82) is 0 Å². The zero-order chi connectivity index (χ0) is 14.1. The van der Waals surface area contributed by atoms with Gasteiger partial charge in [-0.05, 0) is 6.07 Å². The Morgan fingerprint density at radius 1 is 1.25 bits per heavy atom. The second kappa shape index (κ2) is 4.85. The molecule has 0 aliphatic heterocycles. The van der Waals surface area contributed by atoms with Gasteiger partial charge in [-0.1, -0.05) is 18.2 Å². The Hall–Kier alpha value is -2.56. The van der Waals surface area contributed by atoms with E-state index in [0.29, 0.717) is 6.54 Å². The molecule has 1 aromatic carbocycles. The number of hydrogen-bond donors (Lipinski definition) is 1. The van der Waals surface area contributed by atoms with Gasteiger partial charge in [-0.2, -0.15) is 5.10 Å². The van der Waals surface area contributed by atoms with Crippen LogP contribution in [0.4, 0.5) is 5.69 Å². The molecule has 2 heterocycles. The minimum Gasteiger partial charge on any atom is -0.380 e. The van der Waals surface area contributed by atoms with Crippen LogP contribution in [0.2, 0.25) is 0 Å². The van der Waals surface area contributed by atoms with Gasteiger partial charge in [-0.3, -0.25) is 9.48 Å². The largest absolute Gasteiger partial charge is 0.380 e. The molecule has 0 radical (unpaired) electrons. The second-order valence-corrected chi connectivity index (χ2v) is 4.85. The first-order valence-corrected chi connectivity index (χ1v) is 6.45. The van der Waals surface area contributed by atoms with E-state index >= 15 is 0 Å². The highest BCUT2D eigenvalue weighted by atomic mass is 16.1. The van der Waals surface area contributed by atoms with E-state index in [2.05, 4.69) is 10.4 Å². The van der Waals surface area contributed by atoms with Crippen LogP contribution in [0.3, 0.4) is 0 Å². The van der Waals surface area contributed by atoms with E-state index in [1.807, 2.05) is 43.7 Å². The van der Waals surface area contributed by atoms with Crippen molar-refractivity contribution in [2.75, 3.05) is 5.32 Å². The van der Waals surface area contributed by atoms with Crippen molar-refractivity contribution in [3.8, 4) is 0 Å². The zero-order valence-corrected chi connectivity index (χ0v) is 11.5. The van der Waals surface area contributed by atoms with E-state index in [4.69, 9.17) is 0 Å². The lowest BCUT2D eigenvalue weighted by molar-refractivity contribution is 0.767. The van der Waals surface area contributed by atoms with Crippen LogP contribution in [-0.4, -0.2) is 14.3 Å². The number of rotatable bonds is 3. The molecule has 0 saturated heterocycles. The van der Waals surface area contributed by atoms with E-state index in [1.165, 1.54) is 0 Å². The van der Waals surface area contributed by atoms with Gasteiger partial charge in [0.1, 0.15) is 0 Å². The lowest BCUT2D eigenvalue weighted by Crippen LogP contribution is -2.17. The Bertz CT molecular complexity index is 816. The zero-order valence-electron chi connectivity index (χ0n) is 11.5. The molecular formula is C15H16N4O. The molecule has 0 unspecified atom stereocenters. The van der Waals surface area contributed by atoms with Crippen molar-refractivity contribution < 1.29 is 0 Å². The Kier molecular flexibility index (Phi) is 3.02. The molecule has 0 atom stereocenters. The molecule has 3 aromatic rings. The van der Waals surface area contributed by atoms with Crippen LogP contribution < -0.4 is 10.9 Å². The molecular weight excluding hydrogens is 252 g/mol. The number of anilines is 1. The number of nitrogens with one attached hydrogen (secondary N) is 1. The standard InChI is InChI=1S/C15H16N4O/c1-18-10-11(9-17-18)8-16-13-7-15(20)19(2)14-6-4-3-5-12(13)14/h3-7,9-10,16H,8H2,1-2H3. The number of fused-ring (bicyclic) bond motifs is 1. The highest BCUT2D eigenvalue weighted by Gasteiger charge is 2.06. The summed E-state index contributed by atoms with van der Waals surface area (Å²) in [6.45, 7) is 0.644. The summed E-state index contributed by atoms with van der Waals surface area (Å²) in [5.74, 6) is 0. The van der Waals surface area contributed by atoms with Crippen molar-refractivity contribution in [1.82, 2.24) is 14.3 Å². The predicted octanol–water partition coefficient (Wildman–Crippen LogP) is 1.88. The first-order valence-electron chi connectivity index (χ1n) is 6.45. The van der Waals surface area contributed by atoms with Gasteiger partial charge >= 0.3 is 0 Å². The third-order valence-electron chi connectivity index (χ3n) is 3.40. The van der Waals surface area contributed by atoms with E-state index < -0.39 is 0 Å². The van der Waals surface area contributed by atoms with Crippen LogP contribution in [-0.2, 0) is 20.6 Å². The number of hydrogen-bond acceptors (Lipinski definition) is 3. The predicted molar refractivity (Wildman–Crippen MR) is 79.7 cm³/mol. The van der Waals surface area contributed by atoms with Crippen molar-refractivity contribution >= 4 is 16.6 Å². The van der Waals surface area contributed by atoms with Gasteiger partial charge in [-0.25, -0.2) is 0 Å². The lowest BCUT2D eigenvalue weighted by atomic mass is 10.1. The maximum Gasteiger partial charge on any atom is 0.252 e. The SMILES string of the molecule is Cn1cc(CNc2cc(=O)n(C)c3ccccc23)cn1. The molecule has 3 rings (SSSR count).